The van der Waals surface area contributed by atoms with Gasteiger partial charge in [0.15, 0.2) is 0 Å². The third-order valence-corrected chi connectivity index (χ3v) is 2.59. The van der Waals surface area contributed by atoms with E-state index in [0.717, 1.165) is 25.2 Å². The molecule has 0 atom stereocenters. The number of hydrogen-bond donors (Lipinski definition) is 2. The smallest absolute Gasteiger partial charge is 0.354 e. The quantitative estimate of drug-likeness (QED) is 0.769. The number of rotatable bonds is 6. The van der Waals surface area contributed by atoms with Crippen LogP contribution in [0.5, 0.6) is 0 Å². The van der Waals surface area contributed by atoms with Crippen LogP contribution >= 0.6 is 0 Å². The van der Waals surface area contributed by atoms with Crippen LogP contribution in [0.4, 0.5) is 19.1 Å². The van der Waals surface area contributed by atoms with Crippen molar-refractivity contribution in [2.45, 2.75) is 31.5 Å². The zero-order valence-electron chi connectivity index (χ0n) is 9.80. The van der Waals surface area contributed by atoms with Gasteiger partial charge in [-0.05, 0) is 31.9 Å². The summed E-state index contributed by atoms with van der Waals surface area (Å²) in [7, 11) is 0. The number of anilines is 1. The van der Waals surface area contributed by atoms with Crippen LogP contribution in [-0.2, 0) is 6.18 Å². The van der Waals surface area contributed by atoms with Crippen LogP contribution in [0.3, 0.4) is 0 Å². The molecule has 1 aromatic rings. The fraction of sp³-hybridized carbons (Fsp3) is 0.636. The lowest BCUT2D eigenvalue weighted by molar-refractivity contribution is -0.141. The second kappa shape index (κ2) is 5.51. The summed E-state index contributed by atoms with van der Waals surface area (Å²) >= 11 is 0. The van der Waals surface area contributed by atoms with E-state index in [2.05, 4.69) is 20.6 Å². The van der Waals surface area contributed by atoms with Crippen LogP contribution in [0.2, 0.25) is 0 Å². The van der Waals surface area contributed by atoms with Crippen molar-refractivity contribution in [1.29, 1.82) is 0 Å². The normalized spacial score (nSPS) is 15.7. The number of halogens is 3. The van der Waals surface area contributed by atoms with E-state index in [1.165, 1.54) is 12.8 Å². The molecular weight excluding hydrogens is 245 g/mol. The van der Waals surface area contributed by atoms with Gasteiger partial charge in [0, 0.05) is 18.8 Å². The second-order valence-electron chi connectivity index (χ2n) is 4.27. The Morgan fingerprint density at radius 2 is 2.06 bits per heavy atom. The number of nitrogens with zero attached hydrogens (tertiary/aromatic N) is 2. The van der Waals surface area contributed by atoms with Gasteiger partial charge in [0.1, 0.15) is 5.69 Å². The minimum atomic E-state index is -4.42. The van der Waals surface area contributed by atoms with Crippen molar-refractivity contribution >= 4 is 5.95 Å². The van der Waals surface area contributed by atoms with Crippen molar-refractivity contribution in [3.8, 4) is 0 Å². The molecule has 1 aliphatic rings. The van der Waals surface area contributed by atoms with E-state index in [9.17, 15) is 13.2 Å². The molecule has 1 saturated carbocycles. The highest BCUT2D eigenvalue weighted by Crippen LogP contribution is 2.27. The zero-order valence-corrected chi connectivity index (χ0v) is 9.80. The zero-order chi connectivity index (χ0) is 13.0. The molecule has 0 aliphatic heterocycles. The minimum Gasteiger partial charge on any atom is -0.354 e. The summed E-state index contributed by atoms with van der Waals surface area (Å²) in [6.07, 6.45) is -0.0298. The summed E-state index contributed by atoms with van der Waals surface area (Å²) in [5.74, 6) is 0.0243. The maximum absolute atomic E-state index is 12.4. The van der Waals surface area contributed by atoms with Crippen molar-refractivity contribution in [3.63, 3.8) is 0 Å². The summed E-state index contributed by atoms with van der Waals surface area (Å²) in [6, 6.07) is 1.51. The molecule has 4 nitrogen and oxygen atoms in total. The highest BCUT2D eigenvalue weighted by molar-refractivity contribution is 5.25. The average molecular weight is 260 g/mol. The monoisotopic (exact) mass is 260 g/mol. The van der Waals surface area contributed by atoms with E-state index >= 15 is 0 Å². The van der Waals surface area contributed by atoms with Crippen LogP contribution in [0, 0.1) is 0 Å². The van der Waals surface area contributed by atoms with E-state index in [0.29, 0.717) is 12.6 Å². The third kappa shape index (κ3) is 4.14. The number of nitrogens with one attached hydrogen (secondary N) is 2. The van der Waals surface area contributed by atoms with Crippen LogP contribution in [0.25, 0.3) is 0 Å². The van der Waals surface area contributed by atoms with Crippen LogP contribution in [0.15, 0.2) is 12.3 Å². The van der Waals surface area contributed by atoms with Gasteiger partial charge in [-0.3, -0.25) is 0 Å². The van der Waals surface area contributed by atoms with Crippen LogP contribution < -0.4 is 10.6 Å². The van der Waals surface area contributed by atoms with Gasteiger partial charge < -0.3 is 10.6 Å². The Bertz CT molecular complexity index is 390. The van der Waals surface area contributed by atoms with Gasteiger partial charge in [-0.2, -0.15) is 13.2 Å². The molecule has 1 fully saturated rings. The van der Waals surface area contributed by atoms with Crippen molar-refractivity contribution in [3.05, 3.63) is 18.0 Å². The van der Waals surface area contributed by atoms with Gasteiger partial charge in [-0.25, -0.2) is 9.97 Å². The highest BCUT2D eigenvalue weighted by Gasteiger charge is 2.32. The maximum atomic E-state index is 12.4. The Labute approximate surface area is 103 Å². The van der Waals surface area contributed by atoms with Crippen molar-refractivity contribution in [2.75, 3.05) is 18.4 Å². The molecule has 1 heterocycles. The SMILES string of the molecule is FC(F)(F)c1ccnc(NCCCNC2CC2)n1. The van der Waals surface area contributed by atoms with Crippen molar-refractivity contribution < 1.29 is 13.2 Å². The van der Waals surface area contributed by atoms with E-state index in [1.54, 1.807) is 0 Å². The number of alkyl halides is 3. The first-order valence-corrected chi connectivity index (χ1v) is 5.93. The van der Waals surface area contributed by atoms with E-state index < -0.39 is 11.9 Å². The second-order valence-corrected chi connectivity index (χ2v) is 4.27. The first-order valence-electron chi connectivity index (χ1n) is 5.93. The molecule has 1 aliphatic carbocycles. The molecule has 0 radical (unpaired) electrons. The molecule has 7 heteroatoms. The first-order chi connectivity index (χ1) is 8.55. The van der Waals surface area contributed by atoms with Gasteiger partial charge in [0.05, 0.1) is 0 Å². The molecule has 0 amide bonds. The molecule has 0 spiro atoms. The van der Waals surface area contributed by atoms with Gasteiger partial charge >= 0.3 is 6.18 Å². The standard InChI is InChI=1S/C11H15F3N4/c12-11(13,14)9-4-7-17-10(18-9)16-6-1-5-15-8-2-3-8/h4,7-8,15H,1-3,5-6H2,(H,16,17,18). The Balaban J connectivity index is 1.74. The predicted molar refractivity (Wildman–Crippen MR) is 61.2 cm³/mol. The van der Waals surface area contributed by atoms with Crippen molar-refractivity contribution in [2.24, 2.45) is 0 Å². The molecule has 100 valence electrons. The van der Waals surface area contributed by atoms with E-state index in [1.807, 2.05) is 0 Å². The van der Waals surface area contributed by atoms with Crippen molar-refractivity contribution in [1.82, 2.24) is 15.3 Å². The Morgan fingerprint density at radius 1 is 1.28 bits per heavy atom. The van der Waals surface area contributed by atoms with Crippen LogP contribution in [-0.4, -0.2) is 29.1 Å². The molecule has 1 aromatic heterocycles. The van der Waals surface area contributed by atoms with Gasteiger partial charge in [0.2, 0.25) is 5.95 Å². The third-order valence-electron chi connectivity index (χ3n) is 2.59. The molecule has 0 bridgehead atoms. The first kappa shape index (κ1) is 13.1. The van der Waals surface area contributed by atoms with Gasteiger partial charge in [-0.1, -0.05) is 0 Å². The van der Waals surface area contributed by atoms with Gasteiger partial charge in [0.25, 0.3) is 0 Å². The summed E-state index contributed by atoms with van der Waals surface area (Å²) in [6.45, 7) is 1.41. The molecule has 0 aromatic carbocycles. The number of aromatic nitrogens is 2. The molecule has 0 unspecified atom stereocenters. The van der Waals surface area contributed by atoms with Gasteiger partial charge in [-0.15, -0.1) is 0 Å². The summed E-state index contributed by atoms with van der Waals surface area (Å²) in [5, 5.41) is 6.11. The molecule has 2 rings (SSSR count). The number of hydrogen-bond acceptors (Lipinski definition) is 4. The van der Waals surface area contributed by atoms with E-state index in [-0.39, 0.29) is 5.95 Å². The lowest BCUT2D eigenvalue weighted by atomic mass is 10.4. The molecule has 0 saturated heterocycles. The average Bonchev–Trinajstić information content (AvgIpc) is 3.12. The molecule has 2 N–H and O–H groups in total. The topological polar surface area (TPSA) is 49.8 Å². The highest BCUT2D eigenvalue weighted by atomic mass is 19.4. The summed E-state index contributed by atoms with van der Waals surface area (Å²) < 4.78 is 37.1. The minimum absolute atomic E-state index is 0.0243. The summed E-state index contributed by atoms with van der Waals surface area (Å²) in [4.78, 5) is 7.18. The predicted octanol–water partition coefficient (Wildman–Crippen LogP) is 2.05. The lowest BCUT2D eigenvalue weighted by Crippen LogP contribution is -2.20. The lowest BCUT2D eigenvalue weighted by Gasteiger charge is -2.08. The Kier molecular flexibility index (Phi) is 4.00. The summed E-state index contributed by atoms with van der Waals surface area (Å²) in [5.41, 5.74) is -0.920. The van der Waals surface area contributed by atoms with Crippen LogP contribution in [0.1, 0.15) is 25.0 Å². The van der Waals surface area contributed by atoms with E-state index in [4.69, 9.17) is 0 Å². The molecule has 18 heavy (non-hydrogen) atoms. The maximum Gasteiger partial charge on any atom is 0.433 e. The Hall–Kier alpha value is -1.37. The molecular formula is C11H15F3N4. The Morgan fingerprint density at radius 3 is 2.72 bits per heavy atom. The fourth-order valence-electron chi connectivity index (χ4n) is 1.48. The fourth-order valence-corrected chi connectivity index (χ4v) is 1.48. The largest absolute Gasteiger partial charge is 0.433 e.